The second kappa shape index (κ2) is 7.03. The summed E-state index contributed by atoms with van der Waals surface area (Å²) in [7, 11) is 0. The third kappa shape index (κ3) is 4.39. The van der Waals surface area contributed by atoms with Crippen LogP contribution in [0, 0.1) is 18.3 Å². The molecule has 0 atom stereocenters. The molecule has 1 amide bonds. The fraction of sp³-hybridized carbons (Fsp3) is 0.158. The van der Waals surface area contributed by atoms with E-state index in [0.717, 1.165) is 16.5 Å². The van der Waals surface area contributed by atoms with Crippen LogP contribution in [-0.2, 0) is 0 Å². The van der Waals surface area contributed by atoms with Gasteiger partial charge in [-0.1, -0.05) is 12.1 Å². The second-order valence-corrected chi connectivity index (χ2v) is 5.95. The summed E-state index contributed by atoms with van der Waals surface area (Å²) in [5, 5.41) is 12.6. The number of carbonyl (C=O) groups excluding carboxylic acids is 1. The Bertz CT molecular complexity index is 1050. The Labute approximate surface area is 152 Å². The van der Waals surface area contributed by atoms with Gasteiger partial charge in [-0.25, -0.2) is 0 Å². The minimum absolute atomic E-state index is 0.107. The largest absolute Gasteiger partial charge is 0.483 e. The van der Waals surface area contributed by atoms with Gasteiger partial charge in [-0.2, -0.15) is 18.4 Å². The molecule has 0 saturated heterocycles. The molecule has 8 heteroatoms. The first-order valence-electron chi connectivity index (χ1n) is 7.89. The Kier molecular flexibility index (Phi) is 4.77. The average molecular weight is 373 g/mol. The summed E-state index contributed by atoms with van der Waals surface area (Å²) >= 11 is 0. The van der Waals surface area contributed by atoms with E-state index >= 15 is 0 Å². The highest BCUT2D eigenvalue weighted by atomic mass is 19.4. The quantitative estimate of drug-likeness (QED) is 0.705. The number of hydrogen-bond acceptors (Lipinski definition) is 3. The summed E-state index contributed by atoms with van der Waals surface area (Å²) in [6, 6.07) is 13.0. The molecule has 0 bridgehead atoms. The van der Waals surface area contributed by atoms with Crippen LogP contribution >= 0.6 is 0 Å². The molecule has 0 fully saturated rings. The maximum absolute atomic E-state index is 12.4. The number of aromatic amines is 1. The number of anilines is 1. The zero-order valence-electron chi connectivity index (χ0n) is 14.1. The third-order valence-electron chi connectivity index (χ3n) is 3.77. The molecule has 0 aliphatic heterocycles. The molecule has 0 spiro atoms. The van der Waals surface area contributed by atoms with Gasteiger partial charge < -0.3 is 15.0 Å². The molecule has 0 unspecified atom stereocenters. The first-order valence-corrected chi connectivity index (χ1v) is 7.89. The topological polar surface area (TPSA) is 77.9 Å². The van der Waals surface area contributed by atoms with E-state index in [1.165, 1.54) is 18.2 Å². The van der Waals surface area contributed by atoms with Crippen molar-refractivity contribution in [2.45, 2.75) is 13.1 Å². The number of nitriles is 1. The highest BCUT2D eigenvalue weighted by Gasteiger charge is 2.28. The maximum Gasteiger partial charge on any atom is 0.422 e. The van der Waals surface area contributed by atoms with E-state index in [2.05, 4.69) is 15.0 Å². The maximum atomic E-state index is 12.4. The number of nitrogens with zero attached hydrogens (tertiary/aromatic N) is 1. The van der Waals surface area contributed by atoms with Gasteiger partial charge in [0.2, 0.25) is 0 Å². The molecule has 0 saturated carbocycles. The van der Waals surface area contributed by atoms with Gasteiger partial charge in [-0.05, 0) is 42.8 Å². The number of benzene rings is 2. The predicted molar refractivity (Wildman–Crippen MR) is 93.7 cm³/mol. The van der Waals surface area contributed by atoms with Gasteiger partial charge in [0.05, 0.1) is 5.56 Å². The first kappa shape index (κ1) is 18.3. The van der Waals surface area contributed by atoms with Gasteiger partial charge in [0.1, 0.15) is 17.5 Å². The van der Waals surface area contributed by atoms with Crippen molar-refractivity contribution in [1.82, 2.24) is 4.98 Å². The molecule has 0 aliphatic rings. The molecule has 1 aromatic heterocycles. The van der Waals surface area contributed by atoms with Crippen LogP contribution in [0.25, 0.3) is 10.9 Å². The van der Waals surface area contributed by atoms with Gasteiger partial charge in [0.15, 0.2) is 6.61 Å². The lowest BCUT2D eigenvalue weighted by Crippen LogP contribution is -2.19. The number of rotatable bonds is 4. The zero-order chi connectivity index (χ0) is 19.6. The lowest BCUT2D eigenvalue weighted by molar-refractivity contribution is -0.153. The number of hydrogen-bond donors (Lipinski definition) is 2. The summed E-state index contributed by atoms with van der Waals surface area (Å²) in [6.07, 6.45) is -4.51. The van der Waals surface area contributed by atoms with Crippen molar-refractivity contribution >= 4 is 22.5 Å². The summed E-state index contributed by atoms with van der Waals surface area (Å²) in [5.41, 5.74) is 2.35. The van der Waals surface area contributed by atoms with Gasteiger partial charge in [0, 0.05) is 16.6 Å². The smallest absolute Gasteiger partial charge is 0.422 e. The number of H-pyrrole nitrogens is 1. The fourth-order valence-electron chi connectivity index (χ4n) is 2.54. The van der Waals surface area contributed by atoms with Crippen LogP contribution in [-0.4, -0.2) is 23.7 Å². The van der Waals surface area contributed by atoms with E-state index in [1.807, 2.05) is 25.1 Å². The van der Waals surface area contributed by atoms with Gasteiger partial charge in [-0.3, -0.25) is 4.79 Å². The van der Waals surface area contributed by atoms with Crippen LogP contribution < -0.4 is 10.1 Å². The average Bonchev–Trinajstić information content (AvgIpc) is 3.03. The molecule has 27 heavy (non-hydrogen) atoms. The number of ether oxygens (including phenoxy) is 1. The van der Waals surface area contributed by atoms with Gasteiger partial charge in [0.25, 0.3) is 5.91 Å². The van der Waals surface area contributed by atoms with Crippen LogP contribution in [0.4, 0.5) is 18.9 Å². The normalized spacial score (nSPS) is 11.2. The van der Waals surface area contributed by atoms with Crippen molar-refractivity contribution in [3.63, 3.8) is 0 Å². The van der Waals surface area contributed by atoms with E-state index in [-0.39, 0.29) is 17.0 Å². The third-order valence-corrected chi connectivity index (χ3v) is 3.77. The number of aromatic nitrogens is 1. The molecule has 5 nitrogen and oxygen atoms in total. The molecule has 1 heterocycles. The highest BCUT2D eigenvalue weighted by molar-refractivity contribution is 6.06. The summed E-state index contributed by atoms with van der Waals surface area (Å²) in [4.78, 5) is 15.4. The van der Waals surface area contributed by atoms with E-state index in [4.69, 9.17) is 5.26 Å². The Morgan fingerprint density at radius 1 is 1.22 bits per heavy atom. The van der Waals surface area contributed by atoms with Crippen LogP contribution in [0.3, 0.4) is 0 Å². The minimum atomic E-state index is -4.51. The highest BCUT2D eigenvalue weighted by Crippen LogP contribution is 2.25. The van der Waals surface area contributed by atoms with Crippen molar-refractivity contribution in [1.29, 1.82) is 5.26 Å². The monoisotopic (exact) mass is 373 g/mol. The number of aryl methyl sites for hydroxylation is 1. The number of nitrogens with one attached hydrogen (secondary N) is 2. The number of alkyl halides is 3. The molecular formula is C19H14F3N3O2. The predicted octanol–water partition coefficient (Wildman–Crippen LogP) is 4.54. The molecule has 3 aromatic rings. The Morgan fingerprint density at radius 2 is 2.00 bits per heavy atom. The van der Waals surface area contributed by atoms with Crippen molar-refractivity contribution in [2.24, 2.45) is 0 Å². The molecule has 2 aromatic carbocycles. The minimum Gasteiger partial charge on any atom is -0.483 e. The zero-order valence-corrected chi connectivity index (χ0v) is 14.1. The van der Waals surface area contributed by atoms with Crippen LogP contribution in [0.5, 0.6) is 5.75 Å². The van der Waals surface area contributed by atoms with Crippen molar-refractivity contribution < 1.29 is 22.7 Å². The van der Waals surface area contributed by atoms with E-state index in [1.54, 1.807) is 12.1 Å². The summed E-state index contributed by atoms with van der Waals surface area (Å²) in [5.74, 6) is -0.634. The summed E-state index contributed by atoms with van der Waals surface area (Å²) in [6.45, 7) is 0.438. The fourth-order valence-corrected chi connectivity index (χ4v) is 2.54. The molecule has 3 rings (SSSR count). The molecule has 0 aliphatic carbocycles. The number of halogens is 3. The standard InChI is InChI=1S/C19H14F3N3O2/c1-11-2-3-12-8-16(25-15(12)6-11)18(26)24-14-4-5-17(13(7-14)9-23)27-10-19(20,21)22/h2-8,25H,10H2,1H3,(H,24,26). The molecule has 138 valence electrons. The lowest BCUT2D eigenvalue weighted by atomic mass is 10.2. The van der Waals surface area contributed by atoms with Crippen molar-refractivity contribution in [2.75, 3.05) is 11.9 Å². The van der Waals surface area contributed by atoms with Crippen LogP contribution in [0.15, 0.2) is 42.5 Å². The van der Waals surface area contributed by atoms with E-state index < -0.39 is 18.7 Å². The Hall–Kier alpha value is -3.47. The Morgan fingerprint density at radius 3 is 2.70 bits per heavy atom. The van der Waals surface area contributed by atoms with E-state index in [9.17, 15) is 18.0 Å². The molecule has 2 N–H and O–H groups in total. The van der Waals surface area contributed by atoms with Gasteiger partial charge >= 0.3 is 6.18 Å². The Balaban J connectivity index is 1.78. The number of fused-ring (bicyclic) bond motifs is 1. The molecular weight excluding hydrogens is 359 g/mol. The van der Waals surface area contributed by atoms with Crippen LogP contribution in [0.1, 0.15) is 21.6 Å². The SMILES string of the molecule is Cc1ccc2cc(C(=O)Nc3ccc(OCC(F)(F)F)c(C#N)c3)[nH]c2c1. The lowest BCUT2D eigenvalue weighted by Gasteiger charge is -2.11. The number of carbonyl (C=O) groups is 1. The first-order chi connectivity index (χ1) is 12.7. The second-order valence-electron chi connectivity index (χ2n) is 5.95. The number of amides is 1. The van der Waals surface area contributed by atoms with Crippen molar-refractivity contribution in [3.8, 4) is 11.8 Å². The van der Waals surface area contributed by atoms with Crippen molar-refractivity contribution in [3.05, 3.63) is 59.3 Å². The summed E-state index contributed by atoms with van der Waals surface area (Å²) < 4.78 is 41.4. The van der Waals surface area contributed by atoms with Crippen LogP contribution in [0.2, 0.25) is 0 Å². The van der Waals surface area contributed by atoms with E-state index in [0.29, 0.717) is 5.69 Å². The van der Waals surface area contributed by atoms with Gasteiger partial charge in [-0.15, -0.1) is 0 Å². The molecule has 0 radical (unpaired) electrons.